The van der Waals surface area contributed by atoms with Crippen LogP contribution in [0.15, 0.2) is 18.2 Å². The van der Waals surface area contributed by atoms with Gasteiger partial charge in [-0.1, -0.05) is 19.4 Å². The molecule has 2 aliphatic heterocycles. The van der Waals surface area contributed by atoms with Crippen molar-refractivity contribution in [3.8, 4) is 11.5 Å². The molecule has 1 aromatic carbocycles. The van der Waals surface area contributed by atoms with Gasteiger partial charge in [0.1, 0.15) is 19.3 Å². The number of rotatable bonds is 7. The second-order valence-electron chi connectivity index (χ2n) is 6.71. The highest BCUT2D eigenvalue weighted by molar-refractivity contribution is 5.80. The van der Waals surface area contributed by atoms with Crippen molar-refractivity contribution >= 4 is 11.9 Å². The van der Waals surface area contributed by atoms with Crippen LogP contribution in [-0.4, -0.2) is 54.2 Å². The molecule has 1 fully saturated rings. The van der Waals surface area contributed by atoms with E-state index in [1.165, 1.54) is 0 Å². The lowest BCUT2D eigenvalue weighted by molar-refractivity contribution is -0.140. The molecule has 0 aliphatic carbocycles. The normalized spacial score (nSPS) is 20.0. The summed E-state index contributed by atoms with van der Waals surface area (Å²) in [5.41, 5.74) is 1.03. The third-order valence-electron chi connectivity index (χ3n) is 4.90. The molecule has 3 rings (SSSR count). The Kier molecular flexibility index (Phi) is 5.98. The predicted octanol–water partition coefficient (Wildman–Crippen LogP) is 1.96. The number of benzene rings is 1. The molecule has 7 nitrogen and oxygen atoms in total. The molecule has 7 heteroatoms. The van der Waals surface area contributed by atoms with Gasteiger partial charge in [-0.2, -0.15) is 0 Å². The van der Waals surface area contributed by atoms with Gasteiger partial charge in [0.15, 0.2) is 11.5 Å². The number of hydrogen-bond acceptors (Lipinski definition) is 5. The Balaban J connectivity index is 1.66. The van der Waals surface area contributed by atoms with Gasteiger partial charge < -0.3 is 19.5 Å². The Hall–Kier alpha value is -2.28. The smallest absolute Gasteiger partial charge is 0.320 e. The molecular formula is C19H26N2O5. The van der Waals surface area contributed by atoms with Crippen molar-refractivity contribution in [2.45, 2.75) is 44.7 Å². The van der Waals surface area contributed by atoms with Crippen LogP contribution in [0.2, 0.25) is 0 Å². The number of nitrogens with zero attached hydrogens (tertiary/aromatic N) is 1. The zero-order chi connectivity index (χ0) is 18.5. The van der Waals surface area contributed by atoms with Gasteiger partial charge in [0.05, 0.1) is 12.6 Å². The first-order chi connectivity index (χ1) is 12.6. The Bertz CT molecular complexity index is 663. The third kappa shape index (κ3) is 4.09. The van der Waals surface area contributed by atoms with Gasteiger partial charge in [-0.3, -0.25) is 14.9 Å². The fourth-order valence-corrected chi connectivity index (χ4v) is 3.59. The van der Waals surface area contributed by atoms with E-state index in [0.29, 0.717) is 26.2 Å². The lowest BCUT2D eigenvalue weighted by atomic mass is 10.0. The molecule has 0 radical (unpaired) electrons. The summed E-state index contributed by atoms with van der Waals surface area (Å²) in [6.45, 7) is 3.73. The molecular weight excluding hydrogens is 336 g/mol. The van der Waals surface area contributed by atoms with E-state index in [1.807, 2.05) is 30.0 Å². The topological polar surface area (TPSA) is 88.1 Å². The fourth-order valence-electron chi connectivity index (χ4n) is 3.59. The van der Waals surface area contributed by atoms with Crippen LogP contribution >= 0.6 is 0 Å². The molecule has 0 bridgehead atoms. The summed E-state index contributed by atoms with van der Waals surface area (Å²) in [6, 6.07) is 5.14. The van der Waals surface area contributed by atoms with Crippen LogP contribution in [0.3, 0.4) is 0 Å². The Morgan fingerprint density at radius 2 is 2.08 bits per heavy atom. The Labute approximate surface area is 153 Å². The highest BCUT2D eigenvalue weighted by Gasteiger charge is 2.31. The third-order valence-corrected chi connectivity index (χ3v) is 4.90. The molecule has 2 heterocycles. The molecule has 2 aliphatic rings. The maximum atomic E-state index is 12.7. The fraction of sp³-hybridized carbons (Fsp3) is 0.579. The number of carbonyl (C=O) groups is 2. The number of hydrogen-bond donors (Lipinski definition) is 2. The first-order valence-corrected chi connectivity index (χ1v) is 9.25. The van der Waals surface area contributed by atoms with E-state index in [2.05, 4.69) is 5.32 Å². The summed E-state index contributed by atoms with van der Waals surface area (Å²) < 4.78 is 11.2. The monoisotopic (exact) mass is 362 g/mol. The first-order valence-electron chi connectivity index (χ1n) is 9.25. The summed E-state index contributed by atoms with van der Waals surface area (Å²) in [5.74, 6) is 0.482. The van der Waals surface area contributed by atoms with Crippen LogP contribution in [0.1, 0.15) is 44.2 Å². The minimum atomic E-state index is -0.913. The molecule has 2 N–H and O–H groups in total. The van der Waals surface area contributed by atoms with Gasteiger partial charge in [-0.05, 0) is 37.0 Å². The van der Waals surface area contributed by atoms with Crippen LogP contribution in [-0.2, 0) is 9.59 Å². The summed E-state index contributed by atoms with van der Waals surface area (Å²) in [4.78, 5) is 25.7. The molecule has 1 aromatic rings. The van der Waals surface area contributed by atoms with Crippen LogP contribution in [0.25, 0.3) is 0 Å². The maximum Gasteiger partial charge on any atom is 0.320 e. The van der Waals surface area contributed by atoms with E-state index in [4.69, 9.17) is 9.47 Å². The SMILES string of the molecule is CCCC(NCC(=O)N1CCCC1c1ccc2c(c1)OCCO2)C(=O)O. The highest BCUT2D eigenvalue weighted by atomic mass is 16.6. The minimum absolute atomic E-state index is 0.00502. The number of fused-ring (bicyclic) bond motifs is 1. The van der Waals surface area contributed by atoms with Crippen molar-refractivity contribution in [3.63, 3.8) is 0 Å². The zero-order valence-electron chi connectivity index (χ0n) is 15.1. The molecule has 0 spiro atoms. The lowest BCUT2D eigenvalue weighted by Gasteiger charge is -2.27. The Morgan fingerprint density at radius 1 is 1.31 bits per heavy atom. The van der Waals surface area contributed by atoms with E-state index in [9.17, 15) is 14.7 Å². The van der Waals surface area contributed by atoms with Gasteiger partial charge in [-0.25, -0.2) is 0 Å². The van der Waals surface area contributed by atoms with Crippen molar-refractivity contribution in [2.24, 2.45) is 0 Å². The number of carboxylic acid groups (broad SMARTS) is 1. The standard InChI is InChI=1S/C19H26N2O5/c1-2-4-14(19(23)24)20-12-18(22)21-8-3-5-15(21)13-6-7-16-17(11-13)26-10-9-25-16/h6-7,11,14-15,20H,2-5,8-10,12H2,1H3,(H,23,24). The summed E-state index contributed by atoms with van der Waals surface area (Å²) in [6.07, 6.45) is 3.08. The quantitative estimate of drug-likeness (QED) is 0.771. The van der Waals surface area contributed by atoms with Gasteiger partial charge in [-0.15, -0.1) is 0 Å². The summed E-state index contributed by atoms with van der Waals surface area (Å²) >= 11 is 0. The first kappa shape index (κ1) is 18.5. The second kappa shape index (κ2) is 8.40. The molecule has 0 aromatic heterocycles. The number of ether oxygens (including phenoxy) is 2. The number of carboxylic acids is 1. The summed E-state index contributed by atoms with van der Waals surface area (Å²) in [5, 5.41) is 12.1. The number of carbonyl (C=O) groups excluding carboxylic acids is 1. The van der Waals surface area contributed by atoms with Crippen LogP contribution in [0.4, 0.5) is 0 Å². The van der Waals surface area contributed by atoms with Gasteiger partial charge in [0, 0.05) is 6.54 Å². The number of nitrogens with one attached hydrogen (secondary N) is 1. The summed E-state index contributed by atoms with van der Waals surface area (Å²) in [7, 11) is 0. The van der Waals surface area contributed by atoms with Crippen LogP contribution in [0, 0.1) is 0 Å². The average molecular weight is 362 g/mol. The number of aliphatic carboxylic acids is 1. The van der Waals surface area contributed by atoms with Gasteiger partial charge in [0.2, 0.25) is 5.91 Å². The van der Waals surface area contributed by atoms with Crippen molar-refractivity contribution < 1.29 is 24.2 Å². The van der Waals surface area contributed by atoms with Crippen molar-refractivity contribution in [3.05, 3.63) is 23.8 Å². The zero-order valence-corrected chi connectivity index (χ0v) is 15.1. The second-order valence-corrected chi connectivity index (χ2v) is 6.71. The van der Waals surface area contributed by atoms with Crippen molar-refractivity contribution in [2.75, 3.05) is 26.3 Å². The van der Waals surface area contributed by atoms with Gasteiger partial charge >= 0.3 is 5.97 Å². The molecule has 26 heavy (non-hydrogen) atoms. The average Bonchev–Trinajstić information content (AvgIpc) is 3.14. The van der Waals surface area contributed by atoms with E-state index < -0.39 is 12.0 Å². The highest BCUT2D eigenvalue weighted by Crippen LogP contribution is 2.38. The van der Waals surface area contributed by atoms with Gasteiger partial charge in [0.25, 0.3) is 0 Å². The molecule has 142 valence electrons. The maximum absolute atomic E-state index is 12.7. The van der Waals surface area contributed by atoms with Crippen LogP contribution < -0.4 is 14.8 Å². The number of amides is 1. The van der Waals surface area contributed by atoms with E-state index in [-0.39, 0.29) is 18.5 Å². The predicted molar refractivity (Wildman–Crippen MR) is 95.5 cm³/mol. The van der Waals surface area contributed by atoms with Crippen molar-refractivity contribution in [1.82, 2.24) is 10.2 Å². The largest absolute Gasteiger partial charge is 0.486 e. The van der Waals surface area contributed by atoms with Crippen LogP contribution in [0.5, 0.6) is 11.5 Å². The molecule has 0 saturated carbocycles. The van der Waals surface area contributed by atoms with Crippen molar-refractivity contribution in [1.29, 1.82) is 0 Å². The molecule has 2 unspecified atom stereocenters. The molecule has 1 saturated heterocycles. The van der Waals surface area contributed by atoms with E-state index in [1.54, 1.807) is 0 Å². The molecule has 1 amide bonds. The molecule has 2 atom stereocenters. The van der Waals surface area contributed by atoms with E-state index in [0.717, 1.165) is 36.3 Å². The number of likely N-dealkylation sites (tertiary alicyclic amines) is 1. The Morgan fingerprint density at radius 3 is 2.81 bits per heavy atom. The minimum Gasteiger partial charge on any atom is -0.486 e. The lowest BCUT2D eigenvalue weighted by Crippen LogP contribution is -2.44. The van der Waals surface area contributed by atoms with E-state index >= 15 is 0 Å².